The molecule has 0 bridgehead atoms. The van der Waals surface area contributed by atoms with Crippen LogP contribution < -0.4 is 0 Å². The Morgan fingerprint density at radius 3 is 2.41 bits per heavy atom. The molecule has 6 heteroatoms. The Hall–Kier alpha value is -2.01. The molecule has 0 radical (unpaired) electrons. The Morgan fingerprint density at radius 1 is 1.41 bits per heavy atom. The van der Waals surface area contributed by atoms with E-state index in [1.54, 1.807) is 0 Å². The lowest BCUT2D eigenvalue weighted by atomic mass is 9.85. The molecule has 0 fully saturated rings. The van der Waals surface area contributed by atoms with Crippen molar-refractivity contribution < 1.29 is 9.59 Å². The van der Waals surface area contributed by atoms with Gasteiger partial charge >= 0.3 is 0 Å². The molecule has 22 heavy (non-hydrogen) atoms. The number of carbonyl (C=O) groups is 2. The molecule has 1 unspecified atom stereocenters. The van der Waals surface area contributed by atoms with Crippen molar-refractivity contribution in [3.8, 4) is 0 Å². The van der Waals surface area contributed by atoms with Gasteiger partial charge in [0, 0.05) is 22.1 Å². The van der Waals surface area contributed by atoms with Gasteiger partial charge < -0.3 is 4.79 Å². The molecule has 1 heterocycles. The zero-order valence-corrected chi connectivity index (χ0v) is 13.5. The Bertz CT molecular complexity index is 764. The van der Waals surface area contributed by atoms with Gasteiger partial charge in [-0.2, -0.15) is 5.10 Å². The van der Waals surface area contributed by atoms with E-state index in [4.69, 9.17) is 11.6 Å². The Morgan fingerprint density at radius 2 is 2.14 bits per heavy atom. The van der Waals surface area contributed by atoms with E-state index in [2.05, 4.69) is 16.1 Å². The van der Waals surface area contributed by atoms with Gasteiger partial charge in [0.2, 0.25) is 0 Å². The highest BCUT2D eigenvalue weighted by Crippen LogP contribution is 2.24. The normalized spacial score (nSPS) is 12.9. The molecule has 0 saturated heterocycles. The third-order valence-corrected chi connectivity index (χ3v) is 3.71. The minimum absolute atomic E-state index is 0.0138. The summed E-state index contributed by atoms with van der Waals surface area (Å²) in [4.78, 5) is 26.3. The monoisotopic (exact) mass is 319 g/mol. The van der Waals surface area contributed by atoms with Crippen LogP contribution in [0.1, 0.15) is 33.2 Å². The van der Waals surface area contributed by atoms with Crippen molar-refractivity contribution in [2.45, 2.75) is 33.2 Å². The van der Waals surface area contributed by atoms with Crippen LogP contribution in [0.15, 0.2) is 30.9 Å². The minimum Gasteiger partial charge on any atom is -0.303 e. The molecule has 5 nitrogen and oxygen atoms in total. The highest BCUT2D eigenvalue weighted by atomic mass is 35.5. The number of nitrogens with zero attached hydrogens (tertiary/aromatic N) is 3. The molecule has 1 atom stereocenters. The van der Waals surface area contributed by atoms with E-state index in [0.29, 0.717) is 0 Å². The summed E-state index contributed by atoms with van der Waals surface area (Å²) in [6, 6.07) is 5.51. The average molecular weight is 320 g/mol. The van der Waals surface area contributed by atoms with E-state index in [1.807, 2.05) is 32.9 Å². The lowest BCUT2D eigenvalue weighted by Gasteiger charge is -2.23. The molecule has 0 spiro atoms. The molecule has 1 aromatic rings. The second-order valence-electron chi connectivity index (χ2n) is 6.10. The van der Waals surface area contributed by atoms with Gasteiger partial charge in [0.15, 0.2) is 5.78 Å². The maximum absolute atomic E-state index is 12.0. The van der Waals surface area contributed by atoms with E-state index in [9.17, 15) is 9.59 Å². The second-order valence-corrected chi connectivity index (χ2v) is 6.51. The predicted molar refractivity (Wildman–Crippen MR) is 83.3 cm³/mol. The van der Waals surface area contributed by atoms with Gasteiger partial charge in [-0.15, -0.1) is 0 Å². The summed E-state index contributed by atoms with van der Waals surface area (Å²) >= 11 is 5.60. The van der Waals surface area contributed by atoms with Crippen LogP contribution in [0.25, 0.3) is 0 Å². The first-order chi connectivity index (χ1) is 10.3. The van der Waals surface area contributed by atoms with Crippen molar-refractivity contribution in [3.05, 3.63) is 46.3 Å². The number of ketones is 1. The van der Waals surface area contributed by atoms with Gasteiger partial charge in [-0.1, -0.05) is 44.5 Å². The number of halogens is 1. The summed E-state index contributed by atoms with van der Waals surface area (Å²) < 4.78 is 1.43. The molecule has 0 saturated carbocycles. The van der Waals surface area contributed by atoms with Crippen LogP contribution in [0.3, 0.4) is 0 Å². The molecule has 116 valence electrons. The number of carbonyl (C=O) groups excluding carboxylic acids is 2. The maximum Gasteiger partial charge on any atom is 0.163 e. The molecule has 2 aliphatic rings. The van der Waals surface area contributed by atoms with Crippen molar-refractivity contribution in [1.29, 1.82) is 0 Å². The van der Waals surface area contributed by atoms with Gasteiger partial charge in [-0.3, -0.25) is 4.79 Å². The number of rotatable bonds is 4. The largest absolute Gasteiger partial charge is 0.303 e. The average Bonchev–Trinajstić information content (AvgIpc) is 2.94. The Balaban J connectivity index is 0.000000205. The lowest BCUT2D eigenvalue weighted by molar-refractivity contribution is -0.131. The van der Waals surface area contributed by atoms with E-state index in [1.165, 1.54) is 27.8 Å². The van der Waals surface area contributed by atoms with Crippen LogP contribution in [0, 0.1) is 15.9 Å². The molecule has 0 N–H and O–H groups in total. The molecule has 3 rings (SSSR count). The fourth-order valence-corrected chi connectivity index (χ4v) is 2.34. The number of Topliss-reactive ketones (excluding diaryl/α,β-unsaturated/α-hetero) is 1. The smallest absolute Gasteiger partial charge is 0.163 e. The number of aldehydes is 1. The second kappa shape index (κ2) is 6.40. The lowest BCUT2D eigenvalue weighted by Crippen LogP contribution is -2.31. The van der Waals surface area contributed by atoms with Crippen LogP contribution in [0.4, 0.5) is 0 Å². The van der Waals surface area contributed by atoms with E-state index < -0.39 is 11.5 Å². The third-order valence-electron chi connectivity index (χ3n) is 3.40. The van der Waals surface area contributed by atoms with Gasteiger partial charge in [-0.25, -0.2) is 9.67 Å². The summed E-state index contributed by atoms with van der Waals surface area (Å²) in [7, 11) is 0. The molecule has 0 aromatic carbocycles. The zero-order chi connectivity index (χ0) is 16.3. The highest BCUT2D eigenvalue weighted by Gasteiger charge is 2.30. The summed E-state index contributed by atoms with van der Waals surface area (Å²) in [5, 5.41) is 7.36. The predicted octanol–water partition coefficient (Wildman–Crippen LogP) is 2.96. The summed E-state index contributed by atoms with van der Waals surface area (Å²) in [5.74, 6) is -0.0138. The van der Waals surface area contributed by atoms with Crippen molar-refractivity contribution in [2.75, 3.05) is 0 Å². The van der Waals surface area contributed by atoms with Crippen molar-refractivity contribution in [1.82, 2.24) is 14.8 Å². The third kappa shape index (κ3) is 3.42. The van der Waals surface area contributed by atoms with Gasteiger partial charge in [0.1, 0.15) is 25.0 Å². The van der Waals surface area contributed by atoms with Crippen LogP contribution in [-0.2, 0) is 9.59 Å². The fraction of sp³-hybridized carbons (Fsp3) is 0.375. The van der Waals surface area contributed by atoms with E-state index >= 15 is 0 Å². The van der Waals surface area contributed by atoms with Crippen LogP contribution in [0.5, 0.6) is 0 Å². The topological polar surface area (TPSA) is 64.8 Å². The SMILES string of the molecule is CC(C)(C)C(=O)C(CC=O)n1cncn1.Clc1cc2ccc1=2. The standard InChI is InChI=1S/C10H15N3O2.C6H3Cl/c1-10(2,3)9(15)8(4-5-14)13-7-11-6-12-13;7-6-3-4-1-2-5(4)6/h5-8H,4H2,1-3H3;1-3H. The number of benzene rings is 1. The summed E-state index contributed by atoms with van der Waals surface area (Å²) in [6.07, 6.45) is 3.68. The molecule has 2 aliphatic carbocycles. The first-order valence-electron chi connectivity index (χ1n) is 6.96. The Kier molecular flexibility index (Phi) is 4.76. The molecular weight excluding hydrogens is 302 g/mol. The molecular formula is C16H18ClN3O2. The molecule has 1 aromatic heterocycles. The molecule has 0 amide bonds. The maximum atomic E-state index is 12.0. The number of hydrogen-bond acceptors (Lipinski definition) is 4. The number of hydrogen-bond donors (Lipinski definition) is 0. The van der Waals surface area contributed by atoms with E-state index in [-0.39, 0.29) is 12.2 Å². The van der Waals surface area contributed by atoms with Crippen LogP contribution in [0.2, 0.25) is 5.02 Å². The highest BCUT2D eigenvalue weighted by molar-refractivity contribution is 6.31. The van der Waals surface area contributed by atoms with Crippen molar-refractivity contribution >= 4 is 23.7 Å². The van der Waals surface area contributed by atoms with E-state index in [0.717, 1.165) is 11.3 Å². The van der Waals surface area contributed by atoms with Gasteiger partial charge in [0.05, 0.1) is 0 Å². The van der Waals surface area contributed by atoms with Crippen LogP contribution >= 0.6 is 11.6 Å². The first kappa shape index (κ1) is 16.4. The Labute approximate surface area is 133 Å². The van der Waals surface area contributed by atoms with Crippen LogP contribution in [-0.4, -0.2) is 26.8 Å². The first-order valence-corrected chi connectivity index (χ1v) is 7.34. The summed E-state index contributed by atoms with van der Waals surface area (Å²) in [5.41, 5.74) is -0.486. The minimum atomic E-state index is -0.537. The quantitative estimate of drug-likeness (QED) is 0.693. The zero-order valence-electron chi connectivity index (χ0n) is 12.8. The molecule has 0 aliphatic heterocycles. The van der Waals surface area contributed by atoms with Gasteiger partial charge in [-0.05, 0) is 11.3 Å². The van der Waals surface area contributed by atoms with Gasteiger partial charge in [0.25, 0.3) is 0 Å². The fourth-order valence-electron chi connectivity index (χ4n) is 2.05. The number of aromatic nitrogens is 3. The summed E-state index contributed by atoms with van der Waals surface area (Å²) in [6.45, 7) is 5.47. The van der Waals surface area contributed by atoms with Crippen molar-refractivity contribution in [2.24, 2.45) is 5.41 Å². The van der Waals surface area contributed by atoms with Crippen molar-refractivity contribution in [3.63, 3.8) is 0 Å².